The van der Waals surface area contributed by atoms with E-state index in [-0.39, 0.29) is 24.7 Å². The first-order valence-corrected chi connectivity index (χ1v) is 7.29. The van der Waals surface area contributed by atoms with Gasteiger partial charge in [0.1, 0.15) is 0 Å². The molecular formula is C13H29N5O2. The molecule has 0 unspecified atom stereocenters. The molecule has 20 heavy (non-hydrogen) atoms. The molecule has 118 valence electrons. The molecule has 0 heterocycles. The van der Waals surface area contributed by atoms with Crippen LogP contribution in [0.1, 0.15) is 38.5 Å². The van der Waals surface area contributed by atoms with Crippen LogP contribution in [0, 0.1) is 0 Å². The molecule has 0 fully saturated rings. The maximum atomic E-state index is 11.5. The summed E-state index contributed by atoms with van der Waals surface area (Å²) in [6.07, 6.45) is 3.82. The Morgan fingerprint density at radius 1 is 0.800 bits per heavy atom. The van der Waals surface area contributed by atoms with Gasteiger partial charge in [0.25, 0.3) is 0 Å². The van der Waals surface area contributed by atoms with Crippen molar-refractivity contribution in [1.82, 2.24) is 10.6 Å². The molecule has 0 atom stereocenters. The lowest BCUT2D eigenvalue weighted by Gasteiger charge is -2.12. The van der Waals surface area contributed by atoms with Crippen molar-refractivity contribution in [2.24, 2.45) is 17.2 Å². The summed E-state index contributed by atoms with van der Waals surface area (Å²) >= 11 is 0. The molecule has 0 aliphatic rings. The summed E-state index contributed by atoms with van der Waals surface area (Å²) in [5.41, 5.74) is 16.5. The van der Waals surface area contributed by atoms with E-state index >= 15 is 0 Å². The van der Waals surface area contributed by atoms with Gasteiger partial charge < -0.3 is 27.8 Å². The first-order chi connectivity index (χ1) is 9.60. The fourth-order valence-corrected chi connectivity index (χ4v) is 1.69. The number of hydrogen-bond acceptors (Lipinski definition) is 5. The van der Waals surface area contributed by atoms with E-state index < -0.39 is 6.04 Å². The molecule has 7 nitrogen and oxygen atoms in total. The molecule has 0 aromatic heterocycles. The van der Waals surface area contributed by atoms with E-state index in [1.807, 2.05) is 0 Å². The fourth-order valence-electron chi connectivity index (χ4n) is 1.69. The molecule has 2 amide bonds. The van der Waals surface area contributed by atoms with Gasteiger partial charge in [-0.1, -0.05) is 0 Å². The minimum atomic E-state index is -0.445. The number of nitrogens with one attached hydrogen (secondary N) is 2. The number of carbonyl (C=O) groups is 2. The van der Waals surface area contributed by atoms with Crippen molar-refractivity contribution in [3.8, 4) is 0 Å². The van der Waals surface area contributed by atoms with E-state index in [1.54, 1.807) is 0 Å². The zero-order chi connectivity index (χ0) is 15.2. The molecule has 0 aliphatic carbocycles. The van der Waals surface area contributed by atoms with Crippen LogP contribution >= 0.6 is 0 Å². The van der Waals surface area contributed by atoms with E-state index in [0.29, 0.717) is 26.2 Å². The number of hydrogen-bond donors (Lipinski definition) is 5. The molecule has 0 saturated carbocycles. The Balaban J connectivity index is 3.61. The van der Waals surface area contributed by atoms with Crippen LogP contribution in [0.2, 0.25) is 0 Å². The lowest BCUT2D eigenvalue weighted by Crippen LogP contribution is -2.36. The van der Waals surface area contributed by atoms with Gasteiger partial charge in [-0.25, -0.2) is 0 Å². The summed E-state index contributed by atoms with van der Waals surface area (Å²) in [6, 6.07) is -0.445. The minimum Gasteiger partial charge on any atom is -0.356 e. The molecule has 0 radical (unpaired) electrons. The summed E-state index contributed by atoms with van der Waals surface area (Å²) in [5.74, 6) is -0.240. The van der Waals surface area contributed by atoms with Crippen LogP contribution in [-0.2, 0) is 9.59 Å². The second kappa shape index (κ2) is 12.8. The third kappa shape index (κ3) is 11.9. The zero-order valence-electron chi connectivity index (χ0n) is 12.2. The van der Waals surface area contributed by atoms with Crippen molar-refractivity contribution < 1.29 is 9.59 Å². The molecule has 0 bridgehead atoms. The molecule has 0 aliphatic heterocycles. The summed E-state index contributed by atoms with van der Waals surface area (Å²) in [4.78, 5) is 23.1. The highest BCUT2D eigenvalue weighted by Crippen LogP contribution is 1.96. The Kier molecular flexibility index (Phi) is 12.1. The van der Waals surface area contributed by atoms with Gasteiger partial charge in [0.2, 0.25) is 11.8 Å². The highest BCUT2D eigenvalue weighted by molar-refractivity contribution is 5.80. The van der Waals surface area contributed by atoms with Crippen LogP contribution in [0.5, 0.6) is 0 Å². The van der Waals surface area contributed by atoms with Gasteiger partial charge in [0.05, 0.1) is 0 Å². The Morgan fingerprint density at radius 3 is 1.55 bits per heavy atom. The number of rotatable bonds is 12. The molecule has 0 aromatic carbocycles. The maximum Gasteiger partial charge on any atom is 0.221 e. The third-order valence-corrected chi connectivity index (χ3v) is 2.80. The summed E-state index contributed by atoms with van der Waals surface area (Å²) in [6.45, 7) is 2.46. The van der Waals surface area contributed by atoms with Crippen LogP contribution in [0.3, 0.4) is 0 Å². The first-order valence-electron chi connectivity index (χ1n) is 7.29. The summed E-state index contributed by atoms with van der Waals surface area (Å²) < 4.78 is 0. The molecule has 0 rings (SSSR count). The van der Waals surface area contributed by atoms with Crippen molar-refractivity contribution in [2.75, 3.05) is 26.2 Å². The van der Waals surface area contributed by atoms with Crippen molar-refractivity contribution in [3.05, 3.63) is 0 Å². The molecule has 7 heteroatoms. The molecule has 0 spiro atoms. The van der Waals surface area contributed by atoms with Crippen LogP contribution < -0.4 is 27.8 Å². The minimum absolute atomic E-state index is 0.120. The van der Waals surface area contributed by atoms with Gasteiger partial charge >= 0.3 is 0 Å². The lowest BCUT2D eigenvalue weighted by atomic mass is 10.1. The molecule has 0 aromatic rings. The third-order valence-electron chi connectivity index (χ3n) is 2.80. The average Bonchev–Trinajstić information content (AvgIpc) is 2.39. The smallest absolute Gasteiger partial charge is 0.221 e. The SMILES string of the molecule is NCCCCNC(=O)CC(N)CC(=O)NCCCCN. The van der Waals surface area contributed by atoms with Crippen molar-refractivity contribution in [1.29, 1.82) is 0 Å². The normalized spacial score (nSPS) is 10.6. The predicted molar refractivity (Wildman–Crippen MR) is 79.8 cm³/mol. The summed E-state index contributed by atoms with van der Waals surface area (Å²) in [7, 11) is 0. The van der Waals surface area contributed by atoms with E-state index in [2.05, 4.69) is 10.6 Å². The number of carbonyl (C=O) groups excluding carboxylic acids is 2. The quantitative estimate of drug-likeness (QED) is 0.287. The molecular weight excluding hydrogens is 258 g/mol. The van der Waals surface area contributed by atoms with Gasteiger partial charge in [0, 0.05) is 32.0 Å². The average molecular weight is 287 g/mol. The van der Waals surface area contributed by atoms with Crippen LogP contribution in [-0.4, -0.2) is 44.0 Å². The standard InChI is InChI=1S/C13H29N5O2/c14-5-1-3-7-17-12(19)9-11(16)10-13(20)18-8-4-2-6-15/h11H,1-10,14-16H2,(H,17,19)(H,18,20). The van der Waals surface area contributed by atoms with Crippen LogP contribution in [0.4, 0.5) is 0 Å². The largest absolute Gasteiger partial charge is 0.356 e. The van der Waals surface area contributed by atoms with Gasteiger partial charge in [-0.05, 0) is 38.8 Å². The Morgan fingerprint density at radius 2 is 1.20 bits per heavy atom. The van der Waals surface area contributed by atoms with Crippen LogP contribution in [0.15, 0.2) is 0 Å². The second-order valence-electron chi connectivity index (χ2n) is 4.86. The first kappa shape index (κ1) is 18.8. The van der Waals surface area contributed by atoms with Crippen molar-refractivity contribution in [3.63, 3.8) is 0 Å². The fraction of sp³-hybridized carbons (Fsp3) is 0.846. The summed E-state index contributed by atoms with van der Waals surface area (Å²) in [5, 5.41) is 5.52. The van der Waals surface area contributed by atoms with E-state index in [1.165, 1.54) is 0 Å². The Bertz CT molecular complexity index is 247. The maximum absolute atomic E-state index is 11.5. The van der Waals surface area contributed by atoms with Crippen molar-refractivity contribution >= 4 is 11.8 Å². The molecule has 0 saturated heterocycles. The highest BCUT2D eigenvalue weighted by Gasteiger charge is 2.13. The van der Waals surface area contributed by atoms with Crippen LogP contribution in [0.25, 0.3) is 0 Å². The van der Waals surface area contributed by atoms with Gasteiger partial charge in [-0.2, -0.15) is 0 Å². The van der Waals surface area contributed by atoms with E-state index in [4.69, 9.17) is 17.2 Å². The van der Waals surface area contributed by atoms with Crippen molar-refractivity contribution in [2.45, 2.75) is 44.6 Å². The van der Waals surface area contributed by atoms with Gasteiger partial charge in [-0.15, -0.1) is 0 Å². The highest BCUT2D eigenvalue weighted by atomic mass is 16.2. The second-order valence-corrected chi connectivity index (χ2v) is 4.86. The van der Waals surface area contributed by atoms with Gasteiger partial charge in [-0.3, -0.25) is 9.59 Å². The number of nitrogens with two attached hydrogens (primary N) is 3. The predicted octanol–water partition coefficient (Wildman–Crippen LogP) is -1.20. The number of amides is 2. The lowest BCUT2D eigenvalue weighted by molar-refractivity contribution is -0.122. The van der Waals surface area contributed by atoms with Gasteiger partial charge in [0.15, 0.2) is 0 Å². The zero-order valence-corrected chi connectivity index (χ0v) is 12.2. The number of unbranched alkanes of at least 4 members (excludes halogenated alkanes) is 2. The molecule has 8 N–H and O–H groups in total. The van der Waals surface area contributed by atoms with E-state index in [0.717, 1.165) is 25.7 Å². The monoisotopic (exact) mass is 287 g/mol. The Hall–Kier alpha value is -1.18. The topological polar surface area (TPSA) is 136 Å². The Labute approximate surface area is 121 Å². The van der Waals surface area contributed by atoms with E-state index in [9.17, 15) is 9.59 Å².